The summed E-state index contributed by atoms with van der Waals surface area (Å²) in [6.07, 6.45) is 0. The van der Waals surface area contributed by atoms with Crippen LogP contribution >= 0.6 is 11.3 Å². The van der Waals surface area contributed by atoms with Gasteiger partial charge in [-0.2, -0.15) is 0 Å². The molecule has 0 fully saturated rings. The SMILES string of the molecule is N=[N+]=NCc1csc(N)n1. The van der Waals surface area contributed by atoms with Gasteiger partial charge >= 0.3 is 0 Å². The Bertz CT molecular complexity index is 260. The predicted octanol–water partition coefficient (Wildman–Crippen LogP) is 0.776. The highest BCUT2D eigenvalue weighted by molar-refractivity contribution is 7.13. The molecule has 10 heavy (non-hydrogen) atoms. The second-order valence-corrected chi connectivity index (χ2v) is 2.47. The van der Waals surface area contributed by atoms with E-state index >= 15 is 0 Å². The van der Waals surface area contributed by atoms with Crippen molar-refractivity contribution in [3.05, 3.63) is 11.1 Å². The molecule has 5 nitrogen and oxygen atoms in total. The average molecular weight is 156 g/mol. The van der Waals surface area contributed by atoms with E-state index in [1.165, 1.54) is 11.3 Å². The topological polar surface area (TPSA) is 89.2 Å². The Hall–Kier alpha value is -1.26. The Balaban J connectivity index is 2.66. The zero-order valence-electron chi connectivity index (χ0n) is 5.11. The van der Waals surface area contributed by atoms with Gasteiger partial charge in [-0.25, -0.2) is 4.98 Å². The lowest BCUT2D eigenvalue weighted by Gasteiger charge is -1.76. The minimum absolute atomic E-state index is 0.344. The van der Waals surface area contributed by atoms with Crippen molar-refractivity contribution in [2.24, 2.45) is 5.11 Å². The lowest BCUT2D eigenvalue weighted by molar-refractivity contribution is 0.842. The smallest absolute Gasteiger partial charge is 0.214 e. The molecule has 0 amide bonds. The largest absolute Gasteiger partial charge is 0.375 e. The Kier molecular flexibility index (Phi) is 2.09. The summed E-state index contributed by atoms with van der Waals surface area (Å²) in [4.78, 5) is 6.75. The lowest BCUT2D eigenvalue weighted by Crippen LogP contribution is -1.84. The zero-order valence-corrected chi connectivity index (χ0v) is 5.93. The summed E-state index contributed by atoms with van der Waals surface area (Å²) in [6, 6.07) is 0. The number of nitrogen functional groups attached to an aromatic ring is 1. The van der Waals surface area contributed by atoms with E-state index in [4.69, 9.17) is 11.3 Å². The second-order valence-electron chi connectivity index (χ2n) is 1.58. The molecule has 1 aromatic rings. The molecule has 0 unspecified atom stereocenters. The van der Waals surface area contributed by atoms with Crippen LogP contribution in [0, 0.1) is 5.53 Å². The monoisotopic (exact) mass is 156 g/mol. The van der Waals surface area contributed by atoms with Crippen molar-refractivity contribution in [2.75, 3.05) is 5.73 Å². The van der Waals surface area contributed by atoms with Crippen LogP contribution in [0.15, 0.2) is 10.5 Å². The molecule has 6 heteroatoms. The fourth-order valence-corrected chi connectivity index (χ4v) is 1.06. The number of anilines is 1. The summed E-state index contributed by atoms with van der Waals surface area (Å²) in [5, 5.41) is 5.75. The van der Waals surface area contributed by atoms with E-state index in [0.717, 1.165) is 5.69 Å². The number of hydrogen-bond donors (Lipinski definition) is 2. The van der Waals surface area contributed by atoms with E-state index in [1.807, 2.05) is 0 Å². The first-order valence-electron chi connectivity index (χ1n) is 2.56. The maximum atomic E-state index is 6.36. The summed E-state index contributed by atoms with van der Waals surface area (Å²) < 4.78 is 0. The highest BCUT2D eigenvalue weighted by atomic mass is 32.1. The van der Waals surface area contributed by atoms with Gasteiger partial charge in [-0.15, -0.1) is 11.3 Å². The van der Waals surface area contributed by atoms with Crippen LogP contribution in [0.5, 0.6) is 0 Å². The van der Waals surface area contributed by atoms with Gasteiger partial charge in [0.1, 0.15) is 10.6 Å². The van der Waals surface area contributed by atoms with E-state index in [0.29, 0.717) is 11.7 Å². The van der Waals surface area contributed by atoms with Crippen molar-refractivity contribution in [1.82, 2.24) is 9.90 Å². The molecule has 3 N–H and O–H groups in total. The van der Waals surface area contributed by atoms with Crippen molar-refractivity contribution in [3.8, 4) is 0 Å². The molecule has 0 aliphatic rings. The third-order valence-electron chi connectivity index (χ3n) is 0.873. The molecular formula is C4H6N5S+. The first kappa shape index (κ1) is 6.85. The third-order valence-corrected chi connectivity index (χ3v) is 1.60. The number of aromatic nitrogens is 1. The highest BCUT2D eigenvalue weighted by Gasteiger charge is 1.98. The van der Waals surface area contributed by atoms with Gasteiger partial charge in [-0.1, -0.05) is 0 Å². The van der Waals surface area contributed by atoms with Gasteiger partial charge in [0, 0.05) is 5.38 Å². The van der Waals surface area contributed by atoms with Crippen LogP contribution in [0.2, 0.25) is 0 Å². The van der Waals surface area contributed by atoms with E-state index < -0.39 is 0 Å². The van der Waals surface area contributed by atoms with Crippen LogP contribution in [0.1, 0.15) is 5.69 Å². The van der Waals surface area contributed by atoms with Crippen molar-refractivity contribution >= 4 is 16.5 Å². The zero-order chi connectivity index (χ0) is 7.40. The Labute approximate surface area is 61.1 Å². The van der Waals surface area contributed by atoms with Gasteiger partial charge in [0.15, 0.2) is 11.7 Å². The first-order valence-corrected chi connectivity index (χ1v) is 3.44. The maximum absolute atomic E-state index is 6.36. The Morgan fingerprint density at radius 3 is 3.20 bits per heavy atom. The normalized spacial score (nSPS) is 8.80. The summed E-state index contributed by atoms with van der Waals surface area (Å²) in [5.41, 5.74) is 12.5. The van der Waals surface area contributed by atoms with E-state index in [1.54, 1.807) is 5.38 Å². The number of hydrogen-bond acceptors (Lipinski definition) is 5. The van der Waals surface area contributed by atoms with Crippen LogP contribution in [-0.2, 0) is 6.54 Å². The van der Waals surface area contributed by atoms with Gasteiger partial charge in [-0.05, 0) is 0 Å². The standard InChI is InChI=1S/C4H6N5S/c5-4-8-3(2-10-4)1-7-9-6/h2,6H,1H2,(H2,5,8)/q+1. The van der Waals surface area contributed by atoms with Gasteiger partial charge in [-0.3, -0.25) is 0 Å². The molecule has 0 atom stereocenters. The van der Waals surface area contributed by atoms with Crippen molar-refractivity contribution < 1.29 is 0 Å². The van der Waals surface area contributed by atoms with E-state index in [-0.39, 0.29) is 0 Å². The van der Waals surface area contributed by atoms with Crippen LogP contribution in [0.3, 0.4) is 0 Å². The molecule has 1 aromatic heterocycles. The van der Waals surface area contributed by atoms with Crippen molar-refractivity contribution in [3.63, 3.8) is 0 Å². The summed E-state index contributed by atoms with van der Waals surface area (Å²) in [5.74, 6) is 0. The molecule has 0 aliphatic carbocycles. The lowest BCUT2D eigenvalue weighted by atomic mass is 10.5. The number of nitrogens with zero attached hydrogens (tertiary/aromatic N) is 3. The summed E-state index contributed by atoms with van der Waals surface area (Å²) >= 11 is 1.36. The first-order chi connectivity index (χ1) is 4.83. The summed E-state index contributed by atoms with van der Waals surface area (Å²) in [7, 11) is 0. The van der Waals surface area contributed by atoms with Gasteiger partial charge < -0.3 is 5.73 Å². The minimum atomic E-state index is 0.344. The maximum Gasteiger partial charge on any atom is 0.214 e. The molecule has 1 rings (SSSR count). The molecule has 0 saturated heterocycles. The van der Waals surface area contributed by atoms with E-state index in [2.05, 4.69) is 15.0 Å². The van der Waals surface area contributed by atoms with Crippen LogP contribution in [-0.4, -0.2) is 4.98 Å². The molecular weight excluding hydrogens is 150 g/mol. The highest BCUT2D eigenvalue weighted by Crippen LogP contribution is 2.10. The molecule has 52 valence electrons. The minimum Gasteiger partial charge on any atom is -0.375 e. The molecule has 0 spiro atoms. The fraction of sp³-hybridized carbons (Fsp3) is 0.250. The van der Waals surface area contributed by atoms with Gasteiger partial charge in [0.2, 0.25) is 4.91 Å². The number of nitrogens with one attached hydrogen (secondary N) is 1. The second kappa shape index (κ2) is 3.05. The van der Waals surface area contributed by atoms with Crippen LogP contribution in [0.4, 0.5) is 5.13 Å². The van der Waals surface area contributed by atoms with Crippen molar-refractivity contribution in [1.29, 1.82) is 5.53 Å². The quantitative estimate of drug-likeness (QED) is 0.489. The number of thiazole rings is 1. The molecule has 0 aliphatic heterocycles. The average Bonchev–Trinajstić information content (AvgIpc) is 2.31. The summed E-state index contributed by atoms with van der Waals surface area (Å²) in [6.45, 7) is 0.344. The van der Waals surface area contributed by atoms with Gasteiger partial charge in [0.05, 0.1) is 5.69 Å². The van der Waals surface area contributed by atoms with Crippen LogP contribution < -0.4 is 10.6 Å². The Morgan fingerprint density at radius 2 is 2.70 bits per heavy atom. The molecule has 0 bridgehead atoms. The van der Waals surface area contributed by atoms with E-state index in [9.17, 15) is 0 Å². The molecule has 0 radical (unpaired) electrons. The number of nitrogens with two attached hydrogens (primary N) is 1. The predicted molar refractivity (Wildman–Crippen MR) is 37.5 cm³/mol. The molecule has 0 saturated carbocycles. The fourth-order valence-electron chi connectivity index (χ4n) is 0.503. The van der Waals surface area contributed by atoms with Gasteiger partial charge in [0.25, 0.3) is 0 Å². The molecule has 0 aromatic carbocycles. The third kappa shape index (κ3) is 1.61. The molecule has 1 heterocycles. The van der Waals surface area contributed by atoms with Crippen LogP contribution in [0.25, 0.3) is 0 Å². The Morgan fingerprint density at radius 1 is 1.90 bits per heavy atom. The number of rotatable bonds is 2. The van der Waals surface area contributed by atoms with Crippen molar-refractivity contribution in [2.45, 2.75) is 6.54 Å².